The van der Waals surface area contributed by atoms with Crippen LogP contribution in [0.3, 0.4) is 0 Å². The van der Waals surface area contributed by atoms with Crippen LogP contribution in [-0.2, 0) is 4.79 Å². The largest absolute Gasteiger partial charge is 0.298 e. The molecule has 1 saturated carbocycles. The molecular formula is C12H13ClOS. The van der Waals surface area contributed by atoms with Crippen molar-refractivity contribution in [1.29, 1.82) is 0 Å². The summed E-state index contributed by atoms with van der Waals surface area (Å²) in [5, 5.41) is 0.911. The van der Waals surface area contributed by atoms with E-state index in [1.54, 1.807) is 11.8 Å². The van der Waals surface area contributed by atoms with Gasteiger partial charge in [0.1, 0.15) is 5.78 Å². The van der Waals surface area contributed by atoms with Crippen LogP contribution in [0.1, 0.15) is 25.7 Å². The van der Waals surface area contributed by atoms with Gasteiger partial charge in [0.25, 0.3) is 0 Å². The van der Waals surface area contributed by atoms with E-state index in [2.05, 4.69) is 0 Å². The predicted molar refractivity (Wildman–Crippen MR) is 64.6 cm³/mol. The molecule has 1 aliphatic rings. The monoisotopic (exact) mass is 240 g/mol. The number of thioether (sulfide) groups is 1. The Morgan fingerprint density at radius 3 is 2.60 bits per heavy atom. The Kier molecular flexibility index (Phi) is 3.71. The predicted octanol–water partition coefficient (Wildman–Crippen LogP) is 3.94. The lowest BCUT2D eigenvalue weighted by atomic mass is 9.99. The number of hydrogen-bond acceptors (Lipinski definition) is 2. The molecule has 0 saturated heterocycles. The highest BCUT2D eigenvalue weighted by Gasteiger charge is 2.22. The van der Waals surface area contributed by atoms with Crippen LogP contribution in [0, 0.1) is 0 Å². The highest BCUT2D eigenvalue weighted by molar-refractivity contribution is 8.00. The molecule has 0 heterocycles. The Hall–Kier alpha value is -0.470. The number of carbonyl (C=O) groups excluding carboxylic acids is 1. The van der Waals surface area contributed by atoms with Gasteiger partial charge in [-0.3, -0.25) is 4.79 Å². The van der Waals surface area contributed by atoms with Crippen molar-refractivity contribution in [3.63, 3.8) is 0 Å². The van der Waals surface area contributed by atoms with Gasteiger partial charge in [-0.05, 0) is 37.1 Å². The van der Waals surface area contributed by atoms with Crippen molar-refractivity contribution >= 4 is 29.1 Å². The summed E-state index contributed by atoms with van der Waals surface area (Å²) in [7, 11) is 0. The van der Waals surface area contributed by atoms with Gasteiger partial charge in [-0.25, -0.2) is 0 Å². The molecule has 1 aromatic rings. The second kappa shape index (κ2) is 5.04. The molecule has 0 spiro atoms. The van der Waals surface area contributed by atoms with Gasteiger partial charge in [-0.15, -0.1) is 11.8 Å². The maximum absolute atomic E-state index is 11.6. The van der Waals surface area contributed by atoms with Gasteiger partial charge in [0.05, 0.1) is 5.25 Å². The van der Waals surface area contributed by atoms with E-state index in [0.29, 0.717) is 5.78 Å². The van der Waals surface area contributed by atoms with Gasteiger partial charge in [-0.1, -0.05) is 18.0 Å². The maximum atomic E-state index is 11.6. The summed E-state index contributed by atoms with van der Waals surface area (Å²) in [5.41, 5.74) is 0. The average Bonchev–Trinajstić information content (AvgIpc) is 2.25. The van der Waals surface area contributed by atoms with Gasteiger partial charge < -0.3 is 0 Å². The van der Waals surface area contributed by atoms with Crippen molar-refractivity contribution in [1.82, 2.24) is 0 Å². The molecule has 1 aliphatic carbocycles. The molecule has 0 N–H and O–H groups in total. The molecule has 0 aromatic heterocycles. The first kappa shape index (κ1) is 11.0. The molecule has 0 radical (unpaired) electrons. The van der Waals surface area contributed by atoms with E-state index in [1.165, 1.54) is 6.42 Å². The van der Waals surface area contributed by atoms with Crippen LogP contribution in [0.25, 0.3) is 0 Å². The highest BCUT2D eigenvalue weighted by atomic mass is 35.5. The Bertz CT molecular complexity index is 347. The first-order chi connectivity index (χ1) is 7.25. The smallest absolute Gasteiger partial charge is 0.146 e. The average molecular weight is 241 g/mol. The van der Waals surface area contributed by atoms with Crippen molar-refractivity contribution in [3.05, 3.63) is 29.3 Å². The molecule has 1 atom stereocenters. The fourth-order valence-electron chi connectivity index (χ4n) is 1.75. The molecule has 3 heteroatoms. The second-order valence-corrected chi connectivity index (χ2v) is 5.49. The number of ketones is 1. The number of rotatable bonds is 2. The van der Waals surface area contributed by atoms with E-state index in [0.717, 1.165) is 29.2 Å². The zero-order valence-corrected chi connectivity index (χ0v) is 9.98. The summed E-state index contributed by atoms with van der Waals surface area (Å²) in [5.74, 6) is 0.404. The molecule has 0 bridgehead atoms. The minimum absolute atomic E-state index is 0.167. The zero-order valence-electron chi connectivity index (χ0n) is 8.41. The third-order valence-corrected chi connectivity index (χ3v) is 4.17. The lowest BCUT2D eigenvalue weighted by molar-refractivity contribution is -0.119. The zero-order chi connectivity index (χ0) is 10.7. The van der Waals surface area contributed by atoms with Crippen LogP contribution in [-0.4, -0.2) is 11.0 Å². The third kappa shape index (κ3) is 2.99. The Morgan fingerprint density at radius 1 is 1.20 bits per heavy atom. The van der Waals surface area contributed by atoms with Crippen molar-refractivity contribution < 1.29 is 4.79 Å². The minimum Gasteiger partial charge on any atom is -0.298 e. The summed E-state index contributed by atoms with van der Waals surface area (Å²) < 4.78 is 0. The van der Waals surface area contributed by atoms with Crippen molar-refractivity contribution in [3.8, 4) is 0 Å². The summed E-state index contributed by atoms with van der Waals surface area (Å²) in [6.07, 6.45) is 4.02. The quantitative estimate of drug-likeness (QED) is 0.779. The minimum atomic E-state index is 0.167. The Morgan fingerprint density at radius 2 is 1.93 bits per heavy atom. The summed E-state index contributed by atoms with van der Waals surface area (Å²) >= 11 is 7.48. The van der Waals surface area contributed by atoms with Crippen molar-refractivity contribution in [2.45, 2.75) is 35.8 Å². The Balaban J connectivity index is 2.01. The maximum Gasteiger partial charge on any atom is 0.146 e. The molecule has 1 nitrogen and oxygen atoms in total. The second-order valence-electron chi connectivity index (χ2n) is 3.77. The first-order valence-corrected chi connectivity index (χ1v) is 6.46. The molecule has 0 unspecified atom stereocenters. The van der Waals surface area contributed by atoms with Gasteiger partial charge in [0.2, 0.25) is 0 Å². The topological polar surface area (TPSA) is 17.1 Å². The van der Waals surface area contributed by atoms with Crippen LogP contribution in [0.15, 0.2) is 29.2 Å². The molecular weight excluding hydrogens is 228 g/mol. The fourth-order valence-corrected chi connectivity index (χ4v) is 3.03. The van der Waals surface area contributed by atoms with E-state index in [4.69, 9.17) is 11.6 Å². The normalized spacial score (nSPS) is 21.7. The molecule has 15 heavy (non-hydrogen) atoms. The third-order valence-electron chi connectivity index (χ3n) is 2.59. The van der Waals surface area contributed by atoms with Crippen molar-refractivity contribution in [2.24, 2.45) is 0 Å². The number of hydrogen-bond donors (Lipinski definition) is 0. The standard InChI is InChI=1S/C12H13ClOS/c13-9-5-7-10(8-6-9)15-12-4-2-1-3-11(12)14/h5-8,12H,1-4H2/t12-/m1/s1. The molecule has 0 aliphatic heterocycles. The number of halogens is 1. The Labute approximate surface area is 99.2 Å². The van der Waals surface area contributed by atoms with E-state index >= 15 is 0 Å². The van der Waals surface area contributed by atoms with Gasteiger partial charge in [0.15, 0.2) is 0 Å². The molecule has 1 fully saturated rings. The number of benzene rings is 1. The lowest BCUT2D eigenvalue weighted by Crippen LogP contribution is -2.21. The van der Waals surface area contributed by atoms with Crippen LogP contribution in [0.2, 0.25) is 5.02 Å². The van der Waals surface area contributed by atoms with E-state index in [-0.39, 0.29) is 5.25 Å². The fraction of sp³-hybridized carbons (Fsp3) is 0.417. The van der Waals surface area contributed by atoms with Crippen LogP contribution < -0.4 is 0 Å². The lowest BCUT2D eigenvalue weighted by Gasteiger charge is -2.19. The van der Waals surface area contributed by atoms with Gasteiger partial charge in [-0.2, -0.15) is 0 Å². The van der Waals surface area contributed by atoms with Crippen LogP contribution in [0.5, 0.6) is 0 Å². The number of Topliss-reactive ketones (excluding diaryl/α,β-unsaturated/α-hetero) is 1. The van der Waals surface area contributed by atoms with Gasteiger partial charge >= 0.3 is 0 Å². The molecule has 2 rings (SSSR count). The first-order valence-electron chi connectivity index (χ1n) is 5.20. The summed E-state index contributed by atoms with van der Waals surface area (Å²) in [6, 6.07) is 7.71. The molecule has 80 valence electrons. The van der Waals surface area contributed by atoms with E-state index in [9.17, 15) is 4.79 Å². The van der Waals surface area contributed by atoms with Gasteiger partial charge in [0, 0.05) is 16.3 Å². The van der Waals surface area contributed by atoms with E-state index in [1.807, 2.05) is 24.3 Å². The summed E-state index contributed by atoms with van der Waals surface area (Å²) in [4.78, 5) is 12.8. The number of carbonyl (C=O) groups is 1. The SMILES string of the molecule is O=C1CCCC[C@H]1Sc1ccc(Cl)cc1. The molecule has 1 aromatic carbocycles. The highest BCUT2D eigenvalue weighted by Crippen LogP contribution is 2.31. The molecule has 0 amide bonds. The summed E-state index contributed by atoms with van der Waals surface area (Å²) in [6.45, 7) is 0. The van der Waals surface area contributed by atoms with Crippen LogP contribution >= 0.6 is 23.4 Å². The van der Waals surface area contributed by atoms with E-state index < -0.39 is 0 Å². The van der Waals surface area contributed by atoms with Crippen LogP contribution in [0.4, 0.5) is 0 Å². The van der Waals surface area contributed by atoms with Crippen molar-refractivity contribution in [2.75, 3.05) is 0 Å².